The van der Waals surface area contributed by atoms with Crippen LogP contribution in [0.5, 0.6) is 0 Å². The Labute approximate surface area is 113 Å². The first kappa shape index (κ1) is 14.1. The maximum Gasteiger partial charge on any atom is 0.326 e. The third kappa shape index (κ3) is 3.37. The van der Waals surface area contributed by atoms with Crippen molar-refractivity contribution >= 4 is 12.0 Å². The number of urea groups is 1. The summed E-state index contributed by atoms with van der Waals surface area (Å²) < 4.78 is 5.40. The zero-order valence-electron chi connectivity index (χ0n) is 11.4. The van der Waals surface area contributed by atoms with Gasteiger partial charge in [0.25, 0.3) is 0 Å². The van der Waals surface area contributed by atoms with E-state index in [-0.39, 0.29) is 6.03 Å². The Hall–Kier alpha value is -1.30. The molecule has 0 aromatic heterocycles. The number of nitrogens with zero attached hydrogens (tertiary/aromatic N) is 2. The molecule has 0 radical (unpaired) electrons. The molecule has 1 N–H and O–H groups in total. The second-order valence-electron chi connectivity index (χ2n) is 5.44. The molecule has 6 nitrogen and oxygen atoms in total. The molecule has 0 aromatic rings. The molecule has 0 saturated carbocycles. The number of carbonyl (C=O) groups is 2. The summed E-state index contributed by atoms with van der Waals surface area (Å²) in [6, 6.07) is -0.826. The smallest absolute Gasteiger partial charge is 0.326 e. The van der Waals surface area contributed by atoms with Gasteiger partial charge in [-0.3, -0.25) is 0 Å². The van der Waals surface area contributed by atoms with Gasteiger partial charge in [-0.05, 0) is 25.7 Å². The number of carbonyl (C=O) groups excluding carboxylic acids is 1. The fourth-order valence-electron chi connectivity index (χ4n) is 2.89. The lowest BCUT2D eigenvalue weighted by Crippen LogP contribution is -2.48. The van der Waals surface area contributed by atoms with Crippen LogP contribution < -0.4 is 0 Å². The van der Waals surface area contributed by atoms with Gasteiger partial charge in [0, 0.05) is 32.7 Å². The van der Waals surface area contributed by atoms with Crippen molar-refractivity contribution in [2.45, 2.75) is 31.7 Å². The van der Waals surface area contributed by atoms with Gasteiger partial charge in [0.05, 0.1) is 6.61 Å². The molecule has 2 aliphatic rings. The molecular formula is C13H22N2O4. The minimum Gasteiger partial charge on any atom is -0.480 e. The van der Waals surface area contributed by atoms with Crippen LogP contribution in [0.15, 0.2) is 0 Å². The van der Waals surface area contributed by atoms with Crippen molar-refractivity contribution in [1.29, 1.82) is 0 Å². The quantitative estimate of drug-likeness (QED) is 0.831. The molecule has 2 saturated heterocycles. The highest BCUT2D eigenvalue weighted by Gasteiger charge is 2.35. The van der Waals surface area contributed by atoms with Crippen molar-refractivity contribution in [3.63, 3.8) is 0 Å². The van der Waals surface area contributed by atoms with Crippen molar-refractivity contribution in [3.8, 4) is 0 Å². The van der Waals surface area contributed by atoms with E-state index in [9.17, 15) is 9.59 Å². The van der Waals surface area contributed by atoms with Crippen LogP contribution in [0.4, 0.5) is 4.79 Å². The van der Waals surface area contributed by atoms with Crippen molar-refractivity contribution in [1.82, 2.24) is 9.80 Å². The summed E-state index contributed by atoms with van der Waals surface area (Å²) in [5.41, 5.74) is 0. The van der Waals surface area contributed by atoms with E-state index < -0.39 is 12.0 Å². The molecule has 2 amide bonds. The predicted octanol–water partition coefficient (Wildman–Crippen LogP) is 1.01. The van der Waals surface area contributed by atoms with Gasteiger partial charge >= 0.3 is 12.0 Å². The van der Waals surface area contributed by atoms with Gasteiger partial charge in [-0.2, -0.15) is 0 Å². The highest BCUT2D eigenvalue weighted by atomic mass is 16.5. The van der Waals surface area contributed by atoms with Crippen molar-refractivity contribution < 1.29 is 19.4 Å². The molecule has 0 aromatic carbocycles. The Balaban J connectivity index is 1.89. The molecule has 1 unspecified atom stereocenters. The van der Waals surface area contributed by atoms with Gasteiger partial charge in [-0.1, -0.05) is 0 Å². The highest BCUT2D eigenvalue weighted by Crippen LogP contribution is 2.20. The molecule has 19 heavy (non-hydrogen) atoms. The first-order valence-corrected chi connectivity index (χ1v) is 6.92. The minimum atomic E-state index is -0.903. The Bertz CT molecular complexity index is 342. The number of rotatable bonds is 3. The Morgan fingerprint density at radius 3 is 2.79 bits per heavy atom. The van der Waals surface area contributed by atoms with E-state index in [2.05, 4.69) is 0 Å². The monoisotopic (exact) mass is 270 g/mol. The summed E-state index contributed by atoms with van der Waals surface area (Å²) in [6.07, 6.45) is 3.43. The lowest BCUT2D eigenvalue weighted by atomic mass is 10.0. The van der Waals surface area contributed by atoms with Crippen LogP contribution in [-0.2, 0) is 9.53 Å². The molecule has 2 rings (SSSR count). The number of amides is 2. The SMILES string of the molecule is CN(CC1CCCOC1)C(=O)N1CCC[C@H]1C(=O)O. The number of carboxylic acids is 1. The summed E-state index contributed by atoms with van der Waals surface area (Å²) in [5, 5.41) is 9.10. The van der Waals surface area contributed by atoms with E-state index in [1.165, 1.54) is 4.90 Å². The minimum absolute atomic E-state index is 0.171. The molecule has 2 heterocycles. The average molecular weight is 270 g/mol. The van der Waals surface area contributed by atoms with Crippen molar-refractivity contribution in [2.24, 2.45) is 5.92 Å². The largest absolute Gasteiger partial charge is 0.480 e. The molecule has 108 valence electrons. The fraction of sp³-hybridized carbons (Fsp3) is 0.846. The molecule has 0 bridgehead atoms. The molecule has 0 spiro atoms. The van der Waals surface area contributed by atoms with Crippen LogP contribution in [0.1, 0.15) is 25.7 Å². The zero-order chi connectivity index (χ0) is 13.8. The van der Waals surface area contributed by atoms with E-state index >= 15 is 0 Å². The molecular weight excluding hydrogens is 248 g/mol. The molecule has 0 aliphatic carbocycles. The summed E-state index contributed by atoms with van der Waals surface area (Å²) in [6.45, 7) is 2.68. The van der Waals surface area contributed by atoms with E-state index in [0.29, 0.717) is 32.0 Å². The topological polar surface area (TPSA) is 70.1 Å². The van der Waals surface area contributed by atoms with Gasteiger partial charge < -0.3 is 19.6 Å². The van der Waals surface area contributed by atoms with Gasteiger partial charge in [0.2, 0.25) is 0 Å². The third-order valence-corrected chi connectivity index (χ3v) is 3.90. The normalized spacial score (nSPS) is 27.3. The average Bonchev–Trinajstić information content (AvgIpc) is 2.88. The molecule has 2 fully saturated rings. The molecule has 2 atom stereocenters. The summed E-state index contributed by atoms with van der Waals surface area (Å²) in [5.74, 6) is -0.533. The maximum absolute atomic E-state index is 12.3. The van der Waals surface area contributed by atoms with Gasteiger partial charge in [0.15, 0.2) is 0 Å². The number of likely N-dealkylation sites (tertiary alicyclic amines) is 1. The van der Waals surface area contributed by atoms with Crippen molar-refractivity contribution in [2.75, 3.05) is 33.4 Å². The molecule has 2 aliphatic heterocycles. The summed E-state index contributed by atoms with van der Waals surface area (Å²) in [4.78, 5) is 26.5. The second-order valence-corrected chi connectivity index (χ2v) is 5.44. The number of hydrogen-bond acceptors (Lipinski definition) is 3. The van der Waals surface area contributed by atoms with Crippen LogP contribution in [0, 0.1) is 5.92 Å². The number of aliphatic carboxylic acids is 1. The third-order valence-electron chi connectivity index (χ3n) is 3.90. The summed E-state index contributed by atoms with van der Waals surface area (Å²) >= 11 is 0. The van der Waals surface area contributed by atoms with Gasteiger partial charge in [0.1, 0.15) is 6.04 Å². The van der Waals surface area contributed by atoms with E-state index in [4.69, 9.17) is 9.84 Å². The standard InChI is InChI=1S/C13H22N2O4/c1-14(8-10-4-3-7-19-9-10)13(18)15-6-2-5-11(15)12(16)17/h10-11H,2-9H2,1H3,(H,16,17)/t10?,11-/m0/s1. The van der Waals surface area contributed by atoms with Crippen LogP contribution in [0.3, 0.4) is 0 Å². The number of hydrogen-bond donors (Lipinski definition) is 1. The van der Waals surface area contributed by atoms with Crippen LogP contribution in [0.25, 0.3) is 0 Å². The predicted molar refractivity (Wildman–Crippen MR) is 68.9 cm³/mol. The number of ether oxygens (including phenoxy) is 1. The Morgan fingerprint density at radius 1 is 1.37 bits per heavy atom. The summed E-state index contributed by atoms with van der Waals surface area (Å²) in [7, 11) is 1.74. The highest BCUT2D eigenvalue weighted by molar-refractivity contribution is 5.83. The van der Waals surface area contributed by atoms with E-state index in [1.807, 2.05) is 0 Å². The Kier molecular flexibility index (Phi) is 4.63. The van der Waals surface area contributed by atoms with Crippen LogP contribution >= 0.6 is 0 Å². The zero-order valence-corrected chi connectivity index (χ0v) is 11.4. The van der Waals surface area contributed by atoms with Crippen LogP contribution in [-0.4, -0.2) is 66.3 Å². The van der Waals surface area contributed by atoms with Crippen LogP contribution in [0.2, 0.25) is 0 Å². The van der Waals surface area contributed by atoms with Crippen molar-refractivity contribution in [3.05, 3.63) is 0 Å². The fourth-order valence-corrected chi connectivity index (χ4v) is 2.89. The number of carboxylic acid groups (broad SMARTS) is 1. The lowest BCUT2D eigenvalue weighted by molar-refractivity contribution is -0.141. The van der Waals surface area contributed by atoms with E-state index in [0.717, 1.165) is 25.9 Å². The second kappa shape index (κ2) is 6.23. The Morgan fingerprint density at radius 2 is 2.16 bits per heavy atom. The first-order chi connectivity index (χ1) is 9.09. The first-order valence-electron chi connectivity index (χ1n) is 6.92. The van der Waals surface area contributed by atoms with Gasteiger partial charge in [-0.15, -0.1) is 0 Å². The lowest BCUT2D eigenvalue weighted by Gasteiger charge is -2.31. The maximum atomic E-state index is 12.3. The van der Waals surface area contributed by atoms with Gasteiger partial charge in [-0.25, -0.2) is 9.59 Å². The molecule has 6 heteroatoms. The van der Waals surface area contributed by atoms with E-state index in [1.54, 1.807) is 11.9 Å².